The van der Waals surface area contributed by atoms with Crippen molar-refractivity contribution >= 4 is 11.3 Å². The van der Waals surface area contributed by atoms with Gasteiger partial charge in [0.1, 0.15) is 6.61 Å². The summed E-state index contributed by atoms with van der Waals surface area (Å²) in [5.41, 5.74) is 1.05. The van der Waals surface area contributed by atoms with Gasteiger partial charge < -0.3 is 5.11 Å². The van der Waals surface area contributed by atoms with Gasteiger partial charge in [0.05, 0.1) is 0 Å². The highest BCUT2D eigenvalue weighted by molar-refractivity contribution is 7.10. The second-order valence-corrected chi connectivity index (χ2v) is 6.98. The molecule has 1 aromatic heterocycles. The molecule has 2 unspecified atom stereocenters. The van der Waals surface area contributed by atoms with Crippen molar-refractivity contribution in [2.75, 3.05) is 13.2 Å². The van der Waals surface area contributed by atoms with Crippen LogP contribution in [0.15, 0.2) is 11.4 Å². The zero-order valence-corrected chi connectivity index (χ0v) is 12.8. The summed E-state index contributed by atoms with van der Waals surface area (Å²) in [5, 5.41) is 10.9. The fraction of sp³-hybridized carbons (Fsp3) is 0.647. The Morgan fingerprint density at radius 3 is 3.00 bits per heavy atom. The monoisotopic (exact) mass is 289 g/mol. The number of aliphatic hydroxyl groups is 1. The molecule has 1 N–H and O–H groups in total. The van der Waals surface area contributed by atoms with E-state index in [4.69, 9.17) is 5.11 Å². The Bertz CT molecular complexity index is 497. The molecule has 0 bridgehead atoms. The van der Waals surface area contributed by atoms with Crippen LogP contribution < -0.4 is 0 Å². The van der Waals surface area contributed by atoms with E-state index in [0.29, 0.717) is 0 Å². The molecule has 1 aromatic rings. The molecule has 2 nitrogen and oxygen atoms in total. The van der Waals surface area contributed by atoms with Crippen molar-refractivity contribution < 1.29 is 5.11 Å². The van der Waals surface area contributed by atoms with E-state index in [1.807, 2.05) is 11.3 Å². The van der Waals surface area contributed by atoms with Crippen molar-refractivity contribution in [1.29, 1.82) is 0 Å². The van der Waals surface area contributed by atoms with E-state index in [-0.39, 0.29) is 6.61 Å². The summed E-state index contributed by atoms with van der Waals surface area (Å²) in [6.07, 6.45) is 8.50. The fourth-order valence-electron chi connectivity index (χ4n) is 3.80. The summed E-state index contributed by atoms with van der Waals surface area (Å²) in [6.45, 7) is 2.30. The average Bonchev–Trinajstić information content (AvgIpc) is 2.93. The summed E-state index contributed by atoms with van der Waals surface area (Å²) < 4.78 is 0. The molecule has 1 aliphatic carbocycles. The largest absolute Gasteiger partial charge is 0.384 e. The number of hydrogen-bond donors (Lipinski definition) is 1. The highest BCUT2D eigenvalue weighted by atomic mass is 32.1. The Kier molecular flexibility index (Phi) is 4.77. The van der Waals surface area contributed by atoms with Crippen LogP contribution in [-0.4, -0.2) is 29.2 Å². The molecule has 0 radical (unpaired) electrons. The van der Waals surface area contributed by atoms with Crippen LogP contribution >= 0.6 is 11.3 Å². The van der Waals surface area contributed by atoms with E-state index in [1.54, 1.807) is 0 Å². The quantitative estimate of drug-likeness (QED) is 0.845. The lowest BCUT2D eigenvalue weighted by atomic mass is 9.78. The Hall–Kier alpha value is -0.820. The van der Waals surface area contributed by atoms with Gasteiger partial charge in [-0.1, -0.05) is 24.7 Å². The molecule has 1 aliphatic heterocycles. The van der Waals surface area contributed by atoms with Gasteiger partial charge in [0, 0.05) is 28.4 Å². The zero-order valence-electron chi connectivity index (χ0n) is 12.0. The molecular weight excluding hydrogens is 266 g/mol. The number of hydrogen-bond acceptors (Lipinski definition) is 3. The molecule has 1 saturated heterocycles. The van der Waals surface area contributed by atoms with Crippen molar-refractivity contribution in [3.05, 3.63) is 21.9 Å². The zero-order chi connectivity index (χ0) is 13.8. The van der Waals surface area contributed by atoms with Crippen LogP contribution in [0.3, 0.4) is 0 Å². The van der Waals surface area contributed by atoms with Crippen LogP contribution in [0, 0.1) is 17.8 Å². The minimum absolute atomic E-state index is 0.0545. The van der Waals surface area contributed by atoms with Crippen LogP contribution in [0.25, 0.3) is 0 Å². The number of nitrogens with zero attached hydrogens (tertiary/aromatic N) is 1. The molecule has 3 heteroatoms. The smallest absolute Gasteiger partial charge is 0.104 e. The minimum Gasteiger partial charge on any atom is -0.384 e. The third-order valence-corrected chi connectivity index (χ3v) is 5.60. The molecule has 2 heterocycles. The third kappa shape index (κ3) is 3.25. The molecule has 20 heavy (non-hydrogen) atoms. The lowest BCUT2D eigenvalue weighted by Crippen LogP contribution is -2.46. The van der Waals surface area contributed by atoms with Crippen LogP contribution in [0.4, 0.5) is 0 Å². The van der Waals surface area contributed by atoms with Crippen LogP contribution in [0.1, 0.15) is 49.0 Å². The summed E-state index contributed by atoms with van der Waals surface area (Å²) >= 11 is 1.81. The first kappa shape index (κ1) is 14.1. The summed E-state index contributed by atoms with van der Waals surface area (Å²) in [5.74, 6) is 6.68. The Morgan fingerprint density at radius 1 is 1.25 bits per heavy atom. The van der Waals surface area contributed by atoms with E-state index in [0.717, 1.165) is 24.1 Å². The SMILES string of the molecule is OCC#Cc1csc(CN2CCCC3CCCCC32)c1. The molecular formula is C17H23NOS. The molecule has 2 aliphatic rings. The standard InChI is InChI=1S/C17H23NOS/c19-10-4-5-14-11-16(20-13-14)12-18-9-3-7-15-6-1-2-8-17(15)18/h11,13,15,17,19H,1-3,6-10,12H2. The second kappa shape index (κ2) is 6.76. The van der Waals surface area contributed by atoms with E-state index >= 15 is 0 Å². The Labute approximate surface area is 125 Å². The minimum atomic E-state index is -0.0545. The summed E-state index contributed by atoms with van der Waals surface area (Å²) in [6, 6.07) is 3.02. The number of aliphatic hydroxyl groups excluding tert-OH is 1. The van der Waals surface area contributed by atoms with Gasteiger partial charge in [-0.2, -0.15) is 0 Å². The number of piperidine rings is 1. The first-order valence-electron chi connectivity index (χ1n) is 7.78. The fourth-order valence-corrected chi connectivity index (χ4v) is 4.64. The lowest BCUT2D eigenvalue weighted by molar-refractivity contribution is 0.0555. The predicted molar refractivity (Wildman–Crippen MR) is 83.7 cm³/mol. The first-order valence-corrected chi connectivity index (χ1v) is 8.66. The van der Waals surface area contributed by atoms with Crippen molar-refractivity contribution in [2.45, 2.75) is 51.1 Å². The highest BCUT2D eigenvalue weighted by Crippen LogP contribution is 2.36. The first-order chi connectivity index (χ1) is 9.86. The maximum Gasteiger partial charge on any atom is 0.104 e. The lowest BCUT2D eigenvalue weighted by Gasteiger charge is -2.44. The van der Waals surface area contributed by atoms with Gasteiger partial charge in [-0.3, -0.25) is 4.90 Å². The maximum atomic E-state index is 8.75. The molecule has 2 fully saturated rings. The van der Waals surface area contributed by atoms with Crippen molar-refractivity contribution in [3.8, 4) is 11.8 Å². The maximum absolute atomic E-state index is 8.75. The number of rotatable bonds is 2. The van der Waals surface area contributed by atoms with Gasteiger partial charge in [-0.25, -0.2) is 0 Å². The average molecular weight is 289 g/mol. The van der Waals surface area contributed by atoms with Gasteiger partial charge in [0.15, 0.2) is 0 Å². The normalized spacial score (nSPS) is 26.6. The molecule has 108 valence electrons. The topological polar surface area (TPSA) is 23.5 Å². The van der Waals surface area contributed by atoms with E-state index in [1.165, 1.54) is 49.9 Å². The molecule has 2 atom stereocenters. The highest BCUT2D eigenvalue weighted by Gasteiger charge is 2.33. The Balaban J connectivity index is 1.65. The Morgan fingerprint density at radius 2 is 2.10 bits per heavy atom. The third-order valence-electron chi connectivity index (χ3n) is 4.68. The van der Waals surface area contributed by atoms with Gasteiger partial charge in [-0.05, 0) is 44.2 Å². The van der Waals surface area contributed by atoms with Crippen LogP contribution in [0.2, 0.25) is 0 Å². The predicted octanol–water partition coefficient (Wildman–Crippen LogP) is 3.25. The summed E-state index contributed by atoms with van der Waals surface area (Å²) in [7, 11) is 0. The van der Waals surface area contributed by atoms with E-state index in [9.17, 15) is 0 Å². The summed E-state index contributed by atoms with van der Waals surface area (Å²) in [4.78, 5) is 4.13. The van der Waals surface area contributed by atoms with Gasteiger partial charge in [0.2, 0.25) is 0 Å². The molecule has 0 aromatic carbocycles. The molecule has 3 rings (SSSR count). The van der Waals surface area contributed by atoms with E-state index < -0.39 is 0 Å². The van der Waals surface area contributed by atoms with E-state index in [2.05, 4.69) is 28.2 Å². The molecule has 0 amide bonds. The number of fused-ring (bicyclic) bond motifs is 1. The van der Waals surface area contributed by atoms with Crippen molar-refractivity contribution in [2.24, 2.45) is 5.92 Å². The van der Waals surface area contributed by atoms with Crippen LogP contribution in [0.5, 0.6) is 0 Å². The number of likely N-dealkylation sites (tertiary alicyclic amines) is 1. The second-order valence-electron chi connectivity index (χ2n) is 5.99. The van der Waals surface area contributed by atoms with Gasteiger partial charge in [-0.15, -0.1) is 11.3 Å². The van der Waals surface area contributed by atoms with Crippen molar-refractivity contribution in [1.82, 2.24) is 4.90 Å². The van der Waals surface area contributed by atoms with Crippen molar-refractivity contribution in [3.63, 3.8) is 0 Å². The molecule has 0 spiro atoms. The number of thiophene rings is 1. The van der Waals surface area contributed by atoms with Gasteiger partial charge in [0.25, 0.3) is 0 Å². The van der Waals surface area contributed by atoms with Gasteiger partial charge >= 0.3 is 0 Å². The molecule has 1 saturated carbocycles. The van der Waals surface area contributed by atoms with Crippen LogP contribution in [-0.2, 0) is 6.54 Å².